The van der Waals surface area contributed by atoms with Gasteiger partial charge in [0.2, 0.25) is 5.91 Å². The highest BCUT2D eigenvalue weighted by Crippen LogP contribution is 2.21. The Hall–Kier alpha value is -0.320. The van der Waals surface area contributed by atoms with Crippen LogP contribution in [-0.2, 0) is 4.79 Å². The lowest BCUT2D eigenvalue weighted by Crippen LogP contribution is -2.46. The quantitative estimate of drug-likeness (QED) is 0.834. The predicted octanol–water partition coefficient (Wildman–Crippen LogP) is 2.03. The van der Waals surface area contributed by atoms with E-state index in [9.17, 15) is 4.79 Å². The number of carbonyl (C=O) groups is 1. The van der Waals surface area contributed by atoms with Gasteiger partial charge in [-0.15, -0.1) is 12.4 Å². The van der Waals surface area contributed by atoms with Crippen LogP contribution in [0.4, 0.5) is 0 Å². The van der Waals surface area contributed by atoms with Crippen molar-refractivity contribution in [3.05, 3.63) is 0 Å². The summed E-state index contributed by atoms with van der Waals surface area (Å²) in [6.45, 7) is 12.2. The highest BCUT2D eigenvalue weighted by Gasteiger charge is 2.26. The zero-order valence-corrected chi connectivity index (χ0v) is 14.6. The van der Waals surface area contributed by atoms with Crippen LogP contribution in [0.25, 0.3) is 0 Å². The smallest absolute Gasteiger partial charge is 0.237 e. The van der Waals surface area contributed by atoms with Crippen molar-refractivity contribution in [2.75, 3.05) is 32.7 Å². The molecule has 1 amide bonds. The second-order valence-electron chi connectivity index (χ2n) is 7.70. The Morgan fingerprint density at radius 1 is 1.29 bits per heavy atom. The third-order valence-corrected chi connectivity index (χ3v) is 4.24. The number of halogens is 1. The van der Waals surface area contributed by atoms with E-state index in [-0.39, 0.29) is 24.4 Å². The van der Waals surface area contributed by atoms with Crippen molar-refractivity contribution in [3.8, 4) is 0 Å². The Balaban J connectivity index is 0.00000220. The van der Waals surface area contributed by atoms with Gasteiger partial charge in [-0.05, 0) is 50.1 Å². The maximum Gasteiger partial charge on any atom is 0.237 e. The SMILES string of the molecule is CC(C)(C)CN1CCCC(CNC(=O)C2CCCN2)C1.Cl. The molecule has 0 aromatic carbocycles. The molecular formula is C16H32ClN3O. The van der Waals surface area contributed by atoms with Gasteiger partial charge in [0.1, 0.15) is 0 Å². The van der Waals surface area contributed by atoms with Crippen LogP contribution in [0, 0.1) is 11.3 Å². The predicted molar refractivity (Wildman–Crippen MR) is 89.9 cm³/mol. The van der Waals surface area contributed by atoms with E-state index in [1.54, 1.807) is 0 Å². The zero-order chi connectivity index (χ0) is 14.6. The molecule has 0 saturated carbocycles. The van der Waals surface area contributed by atoms with Crippen LogP contribution >= 0.6 is 12.4 Å². The normalized spacial score (nSPS) is 27.2. The van der Waals surface area contributed by atoms with Gasteiger partial charge >= 0.3 is 0 Å². The summed E-state index contributed by atoms with van der Waals surface area (Å²) in [5.41, 5.74) is 0.360. The average Bonchev–Trinajstić information content (AvgIpc) is 2.88. The molecule has 2 unspecified atom stereocenters. The van der Waals surface area contributed by atoms with Crippen molar-refractivity contribution in [2.24, 2.45) is 11.3 Å². The van der Waals surface area contributed by atoms with Gasteiger partial charge in [0.15, 0.2) is 0 Å². The Morgan fingerprint density at radius 3 is 2.67 bits per heavy atom. The molecular weight excluding hydrogens is 286 g/mol. The van der Waals surface area contributed by atoms with Crippen LogP contribution in [0.15, 0.2) is 0 Å². The summed E-state index contributed by atoms with van der Waals surface area (Å²) >= 11 is 0. The first-order valence-corrected chi connectivity index (χ1v) is 8.17. The number of carbonyl (C=O) groups excluding carboxylic acids is 1. The van der Waals surface area contributed by atoms with Crippen molar-refractivity contribution in [1.82, 2.24) is 15.5 Å². The molecule has 0 spiro atoms. The molecule has 2 N–H and O–H groups in total. The molecule has 21 heavy (non-hydrogen) atoms. The van der Waals surface area contributed by atoms with Crippen molar-refractivity contribution in [3.63, 3.8) is 0 Å². The van der Waals surface area contributed by atoms with E-state index in [1.807, 2.05) is 0 Å². The number of hydrogen-bond donors (Lipinski definition) is 2. The maximum atomic E-state index is 12.0. The molecule has 0 aromatic heterocycles. The number of likely N-dealkylation sites (tertiary alicyclic amines) is 1. The minimum atomic E-state index is 0. The van der Waals surface area contributed by atoms with Crippen LogP contribution in [0.2, 0.25) is 0 Å². The molecule has 0 bridgehead atoms. The molecule has 2 atom stereocenters. The van der Waals surface area contributed by atoms with E-state index in [4.69, 9.17) is 0 Å². The summed E-state index contributed by atoms with van der Waals surface area (Å²) in [5.74, 6) is 0.826. The maximum absolute atomic E-state index is 12.0. The van der Waals surface area contributed by atoms with Gasteiger partial charge < -0.3 is 15.5 Å². The molecule has 4 nitrogen and oxygen atoms in total. The van der Waals surface area contributed by atoms with Gasteiger partial charge in [-0.1, -0.05) is 20.8 Å². The second-order valence-corrected chi connectivity index (χ2v) is 7.70. The molecule has 2 saturated heterocycles. The van der Waals surface area contributed by atoms with Gasteiger partial charge in [-0.2, -0.15) is 0 Å². The Labute approximate surface area is 135 Å². The molecule has 0 aliphatic carbocycles. The Kier molecular flexibility index (Phi) is 7.45. The number of amides is 1. The van der Waals surface area contributed by atoms with E-state index in [1.165, 1.54) is 19.4 Å². The van der Waals surface area contributed by atoms with Crippen molar-refractivity contribution in [2.45, 2.75) is 52.5 Å². The highest BCUT2D eigenvalue weighted by atomic mass is 35.5. The van der Waals surface area contributed by atoms with E-state index in [0.29, 0.717) is 11.3 Å². The standard InChI is InChI=1S/C16H31N3O.ClH/c1-16(2,3)12-19-9-5-6-13(11-19)10-18-15(20)14-7-4-8-17-14;/h13-14,17H,4-12H2,1-3H3,(H,18,20);1H. The summed E-state index contributed by atoms with van der Waals surface area (Å²) in [5, 5.41) is 6.41. The lowest BCUT2D eigenvalue weighted by atomic mass is 9.92. The molecule has 2 rings (SSSR count). The molecule has 0 radical (unpaired) electrons. The fraction of sp³-hybridized carbons (Fsp3) is 0.938. The van der Waals surface area contributed by atoms with E-state index >= 15 is 0 Å². The Morgan fingerprint density at radius 2 is 2.05 bits per heavy atom. The number of nitrogens with one attached hydrogen (secondary N) is 2. The first kappa shape index (κ1) is 18.7. The van der Waals surface area contributed by atoms with Crippen LogP contribution < -0.4 is 10.6 Å². The molecule has 2 aliphatic heterocycles. The van der Waals surface area contributed by atoms with E-state index in [0.717, 1.165) is 39.0 Å². The minimum absolute atomic E-state index is 0. The summed E-state index contributed by atoms with van der Waals surface area (Å²) in [4.78, 5) is 14.6. The van der Waals surface area contributed by atoms with Crippen LogP contribution in [-0.4, -0.2) is 49.6 Å². The van der Waals surface area contributed by atoms with Crippen molar-refractivity contribution < 1.29 is 4.79 Å². The molecule has 2 fully saturated rings. The van der Waals surface area contributed by atoms with E-state index < -0.39 is 0 Å². The van der Waals surface area contributed by atoms with Crippen molar-refractivity contribution in [1.29, 1.82) is 0 Å². The first-order valence-electron chi connectivity index (χ1n) is 8.17. The number of nitrogens with zero attached hydrogens (tertiary/aromatic N) is 1. The summed E-state index contributed by atoms with van der Waals surface area (Å²) in [7, 11) is 0. The highest BCUT2D eigenvalue weighted by molar-refractivity contribution is 5.85. The van der Waals surface area contributed by atoms with Gasteiger partial charge in [0.05, 0.1) is 6.04 Å². The first-order chi connectivity index (χ1) is 9.44. The van der Waals surface area contributed by atoms with E-state index in [2.05, 4.69) is 36.3 Å². The zero-order valence-electron chi connectivity index (χ0n) is 13.8. The molecule has 124 valence electrons. The van der Waals surface area contributed by atoms with Crippen molar-refractivity contribution >= 4 is 18.3 Å². The molecule has 5 heteroatoms. The van der Waals surface area contributed by atoms with Crippen LogP contribution in [0.1, 0.15) is 46.5 Å². The number of rotatable bonds is 4. The lowest BCUT2D eigenvalue weighted by Gasteiger charge is -2.36. The molecule has 2 heterocycles. The summed E-state index contributed by atoms with van der Waals surface area (Å²) in [6, 6.07) is 0.0595. The third-order valence-electron chi connectivity index (χ3n) is 4.24. The fourth-order valence-corrected chi connectivity index (χ4v) is 3.41. The lowest BCUT2D eigenvalue weighted by molar-refractivity contribution is -0.123. The second kappa shape index (κ2) is 8.35. The Bertz CT molecular complexity index is 324. The average molecular weight is 318 g/mol. The fourth-order valence-electron chi connectivity index (χ4n) is 3.41. The van der Waals surface area contributed by atoms with Gasteiger partial charge in [0.25, 0.3) is 0 Å². The minimum Gasteiger partial charge on any atom is -0.354 e. The van der Waals surface area contributed by atoms with Crippen LogP contribution in [0.3, 0.4) is 0 Å². The largest absolute Gasteiger partial charge is 0.354 e. The van der Waals surface area contributed by atoms with Gasteiger partial charge in [0, 0.05) is 19.6 Å². The van der Waals surface area contributed by atoms with Gasteiger partial charge in [-0.3, -0.25) is 4.79 Å². The monoisotopic (exact) mass is 317 g/mol. The topological polar surface area (TPSA) is 44.4 Å². The van der Waals surface area contributed by atoms with Crippen LogP contribution in [0.5, 0.6) is 0 Å². The molecule has 0 aromatic rings. The van der Waals surface area contributed by atoms with Gasteiger partial charge in [-0.25, -0.2) is 0 Å². The third kappa shape index (κ3) is 6.54. The number of piperidine rings is 1. The number of hydrogen-bond acceptors (Lipinski definition) is 3. The molecule has 2 aliphatic rings. The summed E-state index contributed by atoms with van der Waals surface area (Å²) in [6.07, 6.45) is 4.63. The summed E-state index contributed by atoms with van der Waals surface area (Å²) < 4.78 is 0.